The van der Waals surface area contributed by atoms with Gasteiger partial charge in [0.15, 0.2) is 0 Å². The van der Waals surface area contributed by atoms with E-state index in [4.69, 9.17) is 5.73 Å². The van der Waals surface area contributed by atoms with E-state index < -0.39 is 0 Å². The highest BCUT2D eigenvalue weighted by molar-refractivity contribution is 9.10. The smallest absolute Gasteiger partial charge is 0.102 e. The van der Waals surface area contributed by atoms with Crippen LogP contribution in [0.1, 0.15) is 24.4 Å². The van der Waals surface area contributed by atoms with E-state index in [2.05, 4.69) is 31.2 Å². The SMILES string of the molecule is Cc1c(C(C)N)nnn1-c1cccc2cc(Br)cnc12. The average molecular weight is 332 g/mol. The number of nitrogens with zero attached hydrogens (tertiary/aromatic N) is 4. The first-order chi connectivity index (χ1) is 9.58. The number of benzene rings is 1. The second kappa shape index (κ2) is 4.96. The molecule has 102 valence electrons. The summed E-state index contributed by atoms with van der Waals surface area (Å²) in [6.07, 6.45) is 1.78. The lowest BCUT2D eigenvalue weighted by atomic mass is 10.1. The molecule has 1 unspecified atom stereocenters. The first kappa shape index (κ1) is 13.2. The molecule has 3 rings (SSSR count). The highest BCUT2D eigenvalue weighted by Gasteiger charge is 2.15. The van der Waals surface area contributed by atoms with Crippen molar-refractivity contribution in [1.29, 1.82) is 0 Å². The Morgan fingerprint density at radius 2 is 2.15 bits per heavy atom. The Balaban J connectivity index is 2.25. The third-order valence-electron chi connectivity index (χ3n) is 3.25. The Morgan fingerprint density at radius 3 is 2.85 bits per heavy atom. The molecular weight excluding hydrogens is 318 g/mol. The zero-order chi connectivity index (χ0) is 14.3. The average Bonchev–Trinajstić information content (AvgIpc) is 2.79. The number of halogens is 1. The monoisotopic (exact) mass is 331 g/mol. The molecule has 0 bridgehead atoms. The second-order valence-corrected chi connectivity index (χ2v) is 5.68. The van der Waals surface area contributed by atoms with Gasteiger partial charge in [0.2, 0.25) is 0 Å². The maximum atomic E-state index is 5.90. The summed E-state index contributed by atoms with van der Waals surface area (Å²) >= 11 is 3.44. The summed E-state index contributed by atoms with van der Waals surface area (Å²) in [7, 11) is 0. The summed E-state index contributed by atoms with van der Waals surface area (Å²) in [5.41, 5.74) is 9.45. The molecular formula is C14H14BrN5. The molecule has 0 spiro atoms. The van der Waals surface area contributed by atoms with Crippen molar-refractivity contribution in [2.24, 2.45) is 5.73 Å². The van der Waals surface area contributed by atoms with Gasteiger partial charge in [0.1, 0.15) is 5.69 Å². The molecule has 1 aromatic carbocycles. The van der Waals surface area contributed by atoms with E-state index in [-0.39, 0.29) is 6.04 Å². The molecule has 2 N–H and O–H groups in total. The summed E-state index contributed by atoms with van der Waals surface area (Å²) < 4.78 is 2.75. The fourth-order valence-corrected chi connectivity index (χ4v) is 2.63. The lowest BCUT2D eigenvalue weighted by Gasteiger charge is -2.08. The van der Waals surface area contributed by atoms with Gasteiger partial charge in [-0.05, 0) is 41.9 Å². The van der Waals surface area contributed by atoms with Crippen molar-refractivity contribution in [3.05, 3.63) is 46.3 Å². The van der Waals surface area contributed by atoms with Gasteiger partial charge in [-0.25, -0.2) is 4.68 Å². The Labute approximate surface area is 124 Å². The van der Waals surface area contributed by atoms with Crippen LogP contribution < -0.4 is 5.73 Å². The van der Waals surface area contributed by atoms with Gasteiger partial charge in [0, 0.05) is 22.1 Å². The van der Waals surface area contributed by atoms with Gasteiger partial charge in [-0.2, -0.15) is 0 Å². The lowest BCUT2D eigenvalue weighted by Crippen LogP contribution is -2.08. The molecule has 0 fully saturated rings. The molecule has 0 aliphatic heterocycles. The molecule has 0 aliphatic rings. The van der Waals surface area contributed by atoms with Crippen molar-refractivity contribution in [3.8, 4) is 5.69 Å². The number of hydrogen-bond donors (Lipinski definition) is 1. The summed E-state index contributed by atoms with van der Waals surface area (Å²) in [5, 5.41) is 9.43. The Kier molecular flexibility index (Phi) is 3.27. The third kappa shape index (κ3) is 2.10. The quantitative estimate of drug-likeness (QED) is 0.783. The van der Waals surface area contributed by atoms with Crippen LogP contribution in [0.4, 0.5) is 0 Å². The van der Waals surface area contributed by atoms with Crippen LogP contribution in [0.2, 0.25) is 0 Å². The summed E-state index contributed by atoms with van der Waals surface area (Å²) in [4.78, 5) is 4.49. The topological polar surface area (TPSA) is 69.6 Å². The fourth-order valence-electron chi connectivity index (χ4n) is 2.28. The number of aromatic nitrogens is 4. The molecule has 3 aromatic rings. The van der Waals surface area contributed by atoms with E-state index >= 15 is 0 Å². The van der Waals surface area contributed by atoms with Gasteiger partial charge in [-0.1, -0.05) is 17.3 Å². The number of pyridine rings is 1. The second-order valence-electron chi connectivity index (χ2n) is 4.76. The van der Waals surface area contributed by atoms with Gasteiger partial charge in [-0.3, -0.25) is 4.98 Å². The molecule has 0 saturated carbocycles. The molecule has 5 nitrogen and oxygen atoms in total. The molecule has 0 aliphatic carbocycles. The van der Waals surface area contributed by atoms with E-state index in [9.17, 15) is 0 Å². The first-order valence-corrected chi connectivity index (χ1v) is 7.09. The van der Waals surface area contributed by atoms with Gasteiger partial charge in [0.25, 0.3) is 0 Å². The number of hydrogen-bond acceptors (Lipinski definition) is 4. The highest BCUT2D eigenvalue weighted by Crippen LogP contribution is 2.24. The van der Waals surface area contributed by atoms with E-state index in [1.165, 1.54) is 0 Å². The molecule has 20 heavy (non-hydrogen) atoms. The van der Waals surface area contributed by atoms with Crippen LogP contribution in [0.5, 0.6) is 0 Å². The van der Waals surface area contributed by atoms with Crippen LogP contribution in [0.25, 0.3) is 16.6 Å². The van der Waals surface area contributed by atoms with Crippen molar-refractivity contribution in [1.82, 2.24) is 20.0 Å². The van der Waals surface area contributed by atoms with E-state index in [1.807, 2.05) is 38.1 Å². The molecule has 0 amide bonds. The minimum absolute atomic E-state index is 0.138. The largest absolute Gasteiger partial charge is 0.323 e. The van der Waals surface area contributed by atoms with Crippen LogP contribution in [0, 0.1) is 6.92 Å². The van der Waals surface area contributed by atoms with E-state index in [1.54, 1.807) is 10.9 Å². The van der Waals surface area contributed by atoms with Crippen LogP contribution in [-0.2, 0) is 0 Å². The predicted octanol–water partition coefficient (Wildman–Crippen LogP) is 2.91. The normalized spacial score (nSPS) is 12.8. The standard InChI is InChI=1S/C14H14BrN5/c1-8(16)13-9(2)20(19-18-13)12-5-3-4-10-6-11(15)7-17-14(10)12/h3-8H,16H2,1-2H3. The molecule has 2 aromatic heterocycles. The van der Waals surface area contributed by atoms with E-state index in [0.29, 0.717) is 0 Å². The van der Waals surface area contributed by atoms with Gasteiger partial charge in [0.05, 0.1) is 16.9 Å². The van der Waals surface area contributed by atoms with Gasteiger partial charge >= 0.3 is 0 Å². The maximum Gasteiger partial charge on any atom is 0.102 e. The van der Waals surface area contributed by atoms with Crippen molar-refractivity contribution < 1.29 is 0 Å². The molecule has 0 radical (unpaired) electrons. The number of fused-ring (bicyclic) bond motifs is 1. The van der Waals surface area contributed by atoms with Gasteiger partial charge in [-0.15, -0.1) is 5.10 Å². The Morgan fingerprint density at radius 1 is 1.35 bits per heavy atom. The number of para-hydroxylation sites is 1. The summed E-state index contributed by atoms with van der Waals surface area (Å²) in [6, 6.07) is 7.88. The minimum Gasteiger partial charge on any atom is -0.323 e. The van der Waals surface area contributed by atoms with Crippen molar-refractivity contribution in [2.75, 3.05) is 0 Å². The van der Waals surface area contributed by atoms with Crippen molar-refractivity contribution in [2.45, 2.75) is 19.9 Å². The number of rotatable bonds is 2. The van der Waals surface area contributed by atoms with Crippen molar-refractivity contribution >= 4 is 26.8 Å². The third-order valence-corrected chi connectivity index (χ3v) is 3.68. The minimum atomic E-state index is -0.138. The van der Waals surface area contributed by atoms with Crippen molar-refractivity contribution in [3.63, 3.8) is 0 Å². The zero-order valence-electron chi connectivity index (χ0n) is 11.2. The zero-order valence-corrected chi connectivity index (χ0v) is 12.8. The lowest BCUT2D eigenvalue weighted by molar-refractivity contribution is 0.757. The Bertz CT molecular complexity index is 778. The van der Waals surface area contributed by atoms with Gasteiger partial charge < -0.3 is 5.73 Å². The fraction of sp³-hybridized carbons (Fsp3) is 0.214. The molecule has 0 saturated heterocycles. The highest BCUT2D eigenvalue weighted by atomic mass is 79.9. The maximum absolute atomic E-state index is 5.90. The molecule has 6 heteroatoms. The molecule has 1 atom stereocenters. The van der Waals surface area contributed by atoms with Crippen LogP contribution in [0.3, 0.4) is 0 Å². The molecule has 2 heterocycles. The van der Waals surface area contributed by atoms with E-state index in [0.717, 1.165) is 32.5 Å². The summed E-state index contributed by atoms with van der Waals surface area (Å²) in [5.74, 6) is 0. The summed E-state index contributed by atoms with van der Waals surface area (Å²) in [6.45, 7) is 3.87. The first-order valence-electron chi connectivity index (χ1n) is 6.30. The van der Waals surface area contributed by atoms with Crippen LogP contribution >= 0.6 is 15.9 Å². The van der Waals surface area contributed by atoms with Crippen LogP contribution in [0.15, 0.2) is 34.9 Å². The predicted molar refractivity (Wildman–Crippen MR) is 81.7 cm³/mol. The van der Waals surface area contributed by atoms with Crippen LogP contribution in [-0.4, -0.2) is 20.0 Å². The Hall–Kier alpha value is -1.79. The number of nitrogens with two attached hydrogens (primary N) is 1.